The topological polar surface area (TPSA) is 89.3 Å². The lowest BCUT2D eigenvalue weighted by atomic mass is 10.1. The molecule has 3 N–H and O–H groups in total. The second-order valence-electron chi connectivity index (χ2n) is 4.68. The predicted molar refractivity (Wildman–Crippen MR) is 84.7 cm³/mol. The van der Waals surface area contributed by atoms with Gasteiger partial charge < -0.3 is 5.32 Å². The summed E-state index contributed by atoms with van der Waals surface area (Å²) in [4.78, 5) is 12.0. The largest absolute Gasteiger partial charge is 0.350 e. The zero-order valence-electron chi connectivity index (χ0n) is 11.6. The SMILES string of the molecule is NS(=O)(=O)c1ccc(CNC(=O)[C@H](Cl)c2ccccc2)cc1. The Bertz CT molecular complexity index is 746. The fourth-order valence-electron chi connectivity index (χ4n) is 1.85. The Morgan fingerprint density at radius 3 is 2.23 bits per heavy atom. The number of hydrogen-bond acceptors (Lipinski definition) is 3. The Kier molecular flexibility index (Phi) is 5.18. The van der Waals surface area contributed by atoms with Gasteiger partial charge in [0.1, 0.15) is 5.38 Å². The van der Waals surface area contributed by atoms with Crippen molar-refractivity contribution in [3.8, 4) is 0 Å². The van der Waals surface area contributed by atoms with E-state index in [2.05, 4.69) is 5.32 Å². The molecule has 116 valence electrons. The van der Waals surface area contributed by atoms with E-state index in [4.69, 9.17) is 16.7 Å². The summed E-state index contributed by atoms with van der Waals surface area (Å²) in [5.74, 6) is -0.316. The number of rotatable bonds is 5. The summed E-state index contributed by atoms with van der Waals surface area (Å²) in [7, 11) is -3.71. The van der Waals surface area contributed by atoms with E-state index in [1.807, 2.05) is 18.2 Å². The van der Waals surface area contributed by atoms with Crippen LogP contribution in [0.4, 0.5) is 0 Å². The van der Waals surface area contributed by atoms with Crippen molar-refractivity contribution in [1.29, 1.82) is 0 Å². The quantitative estimate of drug-likeness (QED) is 0.816. The summed E-state index contributed by atoms with van der Waals surface area (Å²) < 4.78 is 22.3. The monoisotopic (exact) mass is 338 g/mol. The predicted octanol–water partition coefficient (Wildman–Crippen LogP) is 1.93. The van der Waals surface area contributed by atoms with Gasteiger partial charge in [-0.2, -0.15) is 0 Å². The van der Waals surface area contributed by atoms with Crippen molar-refractivity contribution in [1.82, 2.24) is 5.32 Å². The first-order chi connectivity index (χ1) is 10.4. The highest BCUT2D eigenvalue weighted by molar-refractivity contribution is 7.89. The van der Waals surface area contributed by atoms with Crippen LogP contribution in [-0.4, -0.2) is 14.3 Å². The average molecular weight is 339 g/mol. The van der Waals surface area contributed by atoms with Gasteiger partial charge in [0.05, 0.1) is 4.90 Å². The molecule has 2 aromatic rings. The zero-order valence-corrected chi connectivity index (χ0v) is 13.1. The molecule has 0 bridgehead atoms. The molecule has 1 atom stereocenters. The van der Waals surface area contributed by atoms with Gasteiger partial charge in [-0.25, -0.2) is 13.6 Å². The summed E-state index contributed by atoms with van der Waals surface area (Å²) in [5.41, 5.74) is 1.46. The van der Waals surface area contributed by atoms with Crippen molar-refractivity contribution >= 4 is 27.5 Å². The first kappa shape index (κ1) is 16.5. The first-order valence-corrected chi connectivity index (χ1v) is 8.44. The van der Waals surface area contributed by atoms with Crippen molar-refractivity contribution < 1.29 is 13.2 Å². The summed E-state index contributed by atoms with van der Waals surface area (Å²) in [5, 5.41) is 6.95. The van der Waals surface area contributed by atoms with Crippen LogP contribution >= 0.6 is 11.6 Å². The number of carbonyl (C=O) groups excluding carboxylic acids is 1. The minimum Gasteiger partial charge on any atom is -0.350 e. The van der Waals surface area contributed by atoms with Crippen LogP contribution in [0.25, 0.3) is 0 Å². The van der Waals surface area contributed by atoms with E-state index in [9.17, 15) is 13.2 Å². The summed E-state index contributed by atoms with van der Waals surface area (Å²) in [6, 6.07) is 15.0. The standard InChI is InChI=1S/C15H15ClN2O3S/c16-14(12-4-2-1-3-5-12)15(19)18-10-11-6-8-13(9-7-11)22(17,20)21/h1-9,14H,10H2,(H,18,19)(H2,17,20,21)/t14-/m1/s1. The maximum Gasteiger partial charge on any atom is 0.242 e. The zero-order chi connectivity index (χ0) is 16.2. The van der Waals surface area contributed by atoms with Crippen molar-refractivity contribution in [2.24, 2.45) is 5.14 Å². The molecule has 2 aromatic carbocycles. The van der Waals surface area contributed by atoms with Gasteiger partial charge in [0.25, 0.3) is 0 Å². The number of nitrogens with two attached hydrogens (primary N) is 1. The molecule has 0 saturated carbocycles. The Labute approximate surface area is 134 Å². The molecule has 0 radical (unpaired) electrons. The van der Waals surface area contributed by atoms with E-state index in [0.717, 1.165) is 5.56 Å². The second-order valence-corrected chi connectivity index (χ2v) is 6.68. The van der Waals surface area contributed by atoms with Crippen LogP contribution in [0, 0.1) is 0 Å². The summed E-state index contributed by atoms with van der Waals surface area (Å²) in [6.07, 6.45) is 0. The van der Waals surface area contributed by atoms with Gasteiger partial charge in [0, 0.05) is 6.54 Å². The first-order valence-electron chi connectivity index (χ1n) is 6.46. The molecular formula is C15H15ClN2O3S. The number of nitrogens with one attached hydrogen (secondary N) is 1. The van der Waals surface area contributed by atoms with E-state index in [-0.39, 0.29) is 17.3 Å². The van der Waals surface area contributed by atoms with Gasteiger partial charge in [0.15, 0.2) is 0 Å². The summed E-state index contributed by atoms with van der Waals surface area (Å²) in [6.45, 7) is 0.250. The van der Waals surface area contributed by atoms with E-state index in [0.29, 0.717) is 5.56 Å². The number of carbonyl (C=O) groups is 1. The molecule has 2 rings (SSSR count). The number of benzene rings is 2. The third-order valence-electron chi connectivity index (χ3n) is 3.04. The van der Waals surface area contributed by atoms with Crippen molar-refractivity contribution in [3.63, 3.8) is 0 Å². The van der Waals surface area contributed by atoms with Crippen molar-refractivity contribution in [2.45, 2.75) is 16.8 Å². The molecule has 0 aliphatic rings. The molecule has 0 aliphatic carbocycles. The maximum atomic E-state index is 12.0. The van der Waals surface area contributed by atoms with Crippen LogP contribution in [0.5, 0.6) is 0 Å². The Morgan fingerprint density at radius 1 is 1.09 bits per heavy atom. The third kappa shape index (κ3) is 4.30. The van der Waals surface area contributed by atoms with Crippen LogP contribution in [0.1, 0.15) is 16.5 Å². The minimum atomic E-state index is -3.71. The maximum absolute atomic E-state index is 12.0. The molecule has 1 amide bonds. The molecule has 0 saturated heterocycles. The smallest absolute Gasteiger partial charge is 0.242 e. The number of hydrogen-bond donors (Lipinski definition) is 2. The molecule has 0 aromatic heterocycles. The van der Waals surface area contributed by atoms with Crippen molar-refractivity contribution in [3.05, 3.63) is 65.7 Å². The van der Waals surface area contributed by atoms with Gasteiger partial charge in [-0.3, -0.25) is 4.79 Å². The fourth-order valence-corrected chi connectivity index (χ4v) is 2.59. The Hall–Kier alpha value is -1.89. The number of halogens is 1. The van der Waals surface area contributed by atoms with Gasteiger partial charge in [-0.15, -0.1) is 11.6 Å². The normalized spacial score (nSPS) is 12.6. The molecular weight excluding hydrogens is 324 g/mol. The van der Waals surface area contributed by atoms with Crippen LogP contribution in [0.3, 0.4) is 0 Å². The molecule has 0 heterocycles. The van der Waals surface area contributed by atoms with Gasteiger partial charge in [-0.1, -0.05) is 42.5 Å². The third-order valence-corrected chi connectivity index (χ3v) is 4.42. The molecule has 7 heteroatoms. The molecule has 5 nitrogen and oxygen atoms in total. The Balaban J connectivity index is 1.97. The summed E-state index contributed by atoms with van der Waals surface area (Å²) >= 11 is 6.10. The number of primary sulfonamides is 1. The minimum absolute atomic E-state index is 0.0297. The molecule has 0 fully saturated rings. The van der Waals surface area contributed by atoms with E-state index in [1.165, 1.54) is 12.1 Å². The van der Waals surface area contributed by atoms with Gasteiger partial charge >= 0.3 is 0 Å². The molecule has 0 unspecified atom stereocenters. The average Bonchev–Trinajstić information content (AvgIpc) is 2.52. The fraction of sp³-hybridized carbons (Fsp3) is 0.133. The van der Waals surface area contributed by atoms with E-state index < -0.39 is 15.4 Å². The van der Waals surface area contributed by atoms with Crippen molar-refractivity contribution in [2.75, 3.05) is 0 Å². The van der Waals surface area contributed by atoms with Gasteiger partial charge in [-0.05, 0) is 23.3 Å². The second kappa shape index (κ2) is 6.91. The van der Waals surface area contributed by atoms with E-state index >= 15 is 0 Å². The number of amides is 1. The van der Waals surface area contributed by atoms with Crippen LogP contribution in [0.15, 0.2) is 59.5 Å². The Morgan fingerprint density at radius 2 is 1.68 bits per heavy atom. The van der Waals surface area contributed by atoms with Gasteiger partial charge in [0.2, 0.25) is 15.9 Å². The van der Waals surface area contributed by atoms with E-state index in [1.54, 1.807) is 24.3 Å². The molecule has 0 spiro atoms. The number of sulfonamides is 1. The van der Waals surface area contributed by atoms with Crippen LogP contribution in [0.2, 0.25) is 0 Å². The lowest BCUT2D eigenvalue weighted by molar-refractivity contribution is -0.121. The molecule has 0 aliphatic heterocycles. The highest BCUT2D eigenvalue weighted by atomic mass is 35.5. The molecule has 22 heavy (non-hydrogen) atoms. The lowest BCUT2D eigenvalue weighted by Crippen LogP contribution is -2.26. The number of alkyl halides is 1. The van der Waals surface area contributed by atoms with Crippen LogP contribution < -0.4 is 10.5 Å². The highest BCUT2D eigenvalue weighted by Crippen LogP contribution is 2.20. The lowest BCUT2D eigenvalue weighted by Gasteiger charge is -2.11. The van der Waals surface area contributed by atoms with Crippen LogP contribution in [-0.2, 0) is 21.4 Å². The highest BCUT2D eigenvalue weighted by Gasteiger charge is 2.16.